The van der Waals surface area contributed by atoms with Gasteiger partial charge in [0, 0.05) is 5.39 Å². The minimum atomic E-state index is -4.77. The second kappa shape index (κ2) is 6.36. The fraction of sp³-hybridized carbons (Fsp3) is 0.118. The number of benzene rings is 2. The van der Waals surface area contributed by atoms with E-state index in [2.05, 4.69) is 5.10 Å². The van der Waals surface area contributed by atoms with E-state index >= 15 is 0 Å². The zero-order valence-electron chi connectivity index (χ0n) is 13.5. The molecule has 3 aromatic rings. The maximum Gasteiger partial charge on any atom is 0.416 e. The van der Waals surface area contributed by atoms with Gasteiger partial charge in [0.2, 0.25) is 0 Å². The number of alkyl halides is 6. The number of hydrogen-bond acceptors (Lipinski definition) is 3. The van der Waals surface area contributed by atoms with Crippen molar-refractivity contribution in [1.29, 1.82) is 0 Å². The molecule has 3 rings (SSSR count). The van der Waals surface area contributed by atoms with E-state index in [4.69, 9.17) is 0 Å². The molecule has 0 unspecified atom stereocenters. The van der Waals surface area contributed by atoms with Crippen LogP contribution < -0.4 is 5.56 Å². The molecule has 0 amide bonds. The van der Waals surface area contributed by atoms with E-state index in [9.17, 15) is 41.0 Å². The zero-order chi connectivity index (χ0) is 20.9. The quantitative estimate of drug-likeness (QED) is 0.655. The molecule has 1 N–H and O–H groups in total. The Labute approximate surface area is 151 Å². The van der Waals surface area contributed by atoms with E-state index in [0.717, 1.165) is 18.2 Å². The lowest BCUT2D eigenvalue weighted by molar-refractivity contribution is -0.138. The van der Waals surface area contributed by atoms with Crippen molar-refractivity contribution in [2.75, 3.05) is 0 Å². The second-order valence-corrected chi connectivity index (χ2v) is 5.67. The van der Waals surface area contributed by atoms with Crippen LogP contribution in [0.2, 0.25) is 0 Å². The molecule has 0 spiro atoms. The Balaban J connectivity index is 2.27. The van der Waals surface area contributed by atoms with Crippen LogP contribution in [-0.4, -0.2) is 20.9 Å². The summed E-state index contributed by atoms with van der Waals surface area (Å²) in [4.78, 5) is 24.0. The number of carboxylic acid groups (broad SMARTS) is 1. The number of hydrogen-bond donors (Lipinski definition) is 1. The molecule has 0 atom stereocenters. The minimum absolute atomic E-state index is 0.178. The summed E-state index contributed by atoms with van der Waals surface area (Å²) >= 11 is 0. The second-order valence-electron chi connectivity index (χ2n) is 5.67. The molecule has 0 aliphatic rings. The van der Waals surface area contributed by atoms with Gasteiger partial charge in [0.15, 0.2) is 0 Å². The van der Waals surface area contributed by atoms with Gasteiger partial charge in [-0.1, -0.05) is 0 Å². The molecule has 2 aromatic carbocycles. The van der Waals surface area contributed by atoms with Crippen LogP contribution in [0.1, 0.15) is 21.5 Å². The average molecular weight is 402 g/mol. The summed E-state index contributed by atoms with van der Waals surface area (Å²) in [7, 11) is 0. The molecule has 146 valence electrons. The van der Waals surface area contributed by atoms with E-state index in [1.165, 1.54) is 0 Å². The number of carboxylic acids is 1. The number of nitrogens with zero attached hydrogens (tertiary/aromatic N) is 2. The van der Waals surface area contributed by atoms with Crippen molar-refractivity contribution in [2.45, 2.75) is 12.4 Å². The molecule has 1 heterocycles. The van der Waals surface area contributed by atoms with Crippen molar-refractivity contribution in [3.63, 3.8) is 0 Å². The third-order valence-corrected chi connectivity index (χ3v) is 3.86. The van der Waals surface area contributed by atoms with Gasteiger partial charge in [-0.3, -0.25) is 4.79 Å². The van der Waals surface area contributed by atoms with Gasteiger partial charge >= 0.3 is 18.3 Å². The summed E-state index contributed by atoms with van der Waals surface area (Å²) in [6, 6.07) is 5.16. The van der Waals surface area contributed by atoms with Crippen molar-refractivity contribution in [2.24, 2.45) is 0 Å². The molecule has 28 heavy (non-hydrogen) atoms. The standard InChI is InChI=1S/C17H8F6N2O3/c18-16(19,20)8-1-4-10(5-2-8)25-14(26)13(15(27)28)11-7-9(17(21,22)23)3-6-12(11)24-25/h1-7H,(H,27,28). The molecule has 0 aliphatic carbocycles. The van der Waals surface area contributed by atoms with Crippen molar-refractivity contribution in [3.05, 3.63) is 69.5 Å². The Kier molecular flexibility index (Phi) is 4.40. The Morgan fingerprint density at radius 2 is 1.43 bits per heavy atom. The summed E-state index contributed by atoms with van der Waals surface area (Å²) in [5.41, 5.74) is -4.85. The highest BCUT2D eigenvalue weighted by Crippen LogP contribution is 2.32. The van der Waals surface area contributed by atoms with Gasteiger partial charge < -0.3 is 5.11 Å². The van der Waals surface area contributed by atoms with Gasteiger partial charge in [0.25, 0.3) is 5.56 Å². The van der Waals surface area contributed by atoms with Gasteiger partial charge in [0.05, 0.1) is 22.3 Å². The van der Waals surface area contributed by atoms with E-state index < -0.39 is 46.0 Å². The maximum absolute atomic E-state index is 12.9. The highest BCUT2D eigenvalue weighted by atomic mass is 19.4. The van der Waals surface area contributed by atoms with Crippen LogP contribution in [0, 0.1) is 0 Å². The number of carbonyl (C=O) groups is 1. The number of halogens is 6. The predicted molar refractivity (Wildman–Crippen MR) is 84.3 cm³/mol. The van der Waals surface area contributed by atoms with E-state index in [1.54, 1.807) is 0 Å². The fourth-order valence-corrected chi connectivity index (χ4v) is 2.55. The van der Waals surface area contributed by atoms with Crippen molar-refractivity contribution in [1.82, 2.24) is 9.78 Å². The highest BCUT2D eigenvalue weighted by molar-refractivity contribution is 6.02. The maximum atomic E-state index is 12.9. The lowest BCUT2D eigenvalue weighted by Crippen LogP contribution is -2.28. The van der Waals surface area contributed by atoms with Crippen LogP contribution in [0.4, 0.5) is 26.3 Å². The SMILES string of the molecule is O=C(O)c1c(=O)n(-c2ccc(C(F)(F)F)cc2)nc2ccc(C(F)(F)F)cc12. The van der Waals surface area contributed by atoms with E-state index in [0.29, 0.717) is 28.9 Å². The Morgan fingerprint density at radius 3 is 1.93 bits per heavy atom. The minimum Gasteiger partial charge on any atom is -0.477 e. The number of fused-ring (bicyclic) bond motifs is 1. The highest BCUT2D eigenvalue weighted by Gasteiger charge is 2.32. The number of aromatic carboxylic acids is 1. The summed E-state index contributed by atoms with van der Waals surface area (Å²) in [5.74, 6) is -1.79. The third kappa shape index (κ3) is 3.42. The first kappa shape index (κ1) is 19.4. The smallest absolute Gasteiger partial charge is 0.416 e. The molecule has 1 aromatic heterocycles. The molecular formula is C17H8F6N2O3. The van der Waals surface area contributed by atoms with Crippen molar-refractivity contribution in [3.8, 4) is 5.69 Å². The first-order valence-corrected chi connectivity index (χ1v) is 7.45. The van der Waals surface area contributed by atoms with Crippen LogP contribution in [0.25, 0.3) is 16.6 Å². The molecule has 0 aliphatic heterocycles. The summed E-state index contributed by atoms with van der Waals surface area (Å²) in [6.45, 7) is 0. The summed E-state index contributed by atoms with van der Waals surface area (Å²) in [5, 5.41) is 12.6. The molecule has 11 heteroatoms. The Morgan fingerprint density at radius 1 is 0.893 bits per heavy atom. The zero-order valence-corrected chi connectivity index (χ0v) is 13.5. The molecule has 5 nitrogen and oxygen atoms in total. The Bertz CT molecular complexity index is 1130. The number of rotatable bonds is 2. The van der Waals surface area contributed by atoms with Crippen LogP contribution in [-0.2, 0) is 12.4 Å². The largest absolute Gasteiger partial charge is 0.477 e. The lowest BCUT2D eigenvalue weighted by Gasteiger charge is -2.12. The first-order chi connectivity index (χ1) is 12.9. The van der Waals surface area contributed by atoms with E-state index in [-0.39, 0.29) is 11.2 Å². The Hall–Kier alpha value is -3.37. The molecular weight excluding hydrogens is 394 g/mol. The third-order valence-electron chi connectivity index (χ3n) is 3.86. The van der Waals surface area contributed by atoms with Crippen LogP contribution in [0.5, 0.6) is 0 Å². The van der Waals surface area contributed by atoms with Crippen molar-refractivity contribution >= 4 is 16.9 Å². The van der Waals surface area contributed by atoms with Crippen LogP contribution in [0.15, 0.2) is 47.3 Å². The van der Waals surface area contributed by atoms with Gasteiger partial charge in [0.1, 0.15) is 5.56 Å². The number of aromatic nitrogens is 2. The van der Waals surface area contributed by atoms with Gasteiger partial charge in [-0.05, 0) is 42.5 Å². The van der Waals surface area contributed by atoms with E-state index in [1.807, 2.05) is 0 Å². The van der Waals surface area contributed by atoms with Crippen LogP contribution in [0.3, 0.4) is 0 Å². The van der Waals surface area contributed by atoms with Crippen LogP contribution >= 0.6 is 0 Å². The predicted octanol–water partition coefficient (Wildman–Crippen LogP) is 4.12. The van der Waals surface area contributed by atoms with Gasteiger partial charge in [-0.15, -0.1) is 0 Å². The summed E-state index contributed by atoms with van der Waals surface area (Å²) < 4.78 is 77.2. The van der Waals surface area contributed by atoms with Crippen molar-refractivity contribution < 1.29 is 36.2 Å². The van der Waals surface area contributed by atoms with Gasteiger partial charge in [-0.25, -0.2) is 4.79 Å². The first-order valence-electron chi connectivity index (χ1n) is 7.45. The lowest BCUT2D eigenvalue weighted by atomic mass is 10.1. The fourth-order valence-electron chi connectivity index (χ4n) is 2.55. The molecule has 0 fully saturated rings. The molecule has 0 saturated heterocycles. The molecule has 0 radical (unpaired) electrons. The topological polar surface area (TPSA) is 72.2 Å². The normalized spacial score (nSPS) is 12.4. The van der Waals surface area contributed by atoms with Gasteiger partial charge in [-0.2, -0.15) is 36.1 Å². The molecule has 0 bridgehead atoms. The molecule has 0 saturated carbocycles. The average Bonchev–Trinajstić information content (AvgIpc) is 2.59. The monoisotopic (exact) mass is 402 g/mol. The summed E-state index contributed by atoms with van der Waals surface area (Å²) in [6.07, 6.45) is -9.40.